The van der Waals surface area contributed by atoms with Crippen LogP contribution in [-0.2, 0) is 20.0 Å². The maximum Gasteiger partial charge on any atom is 0.251 e. The van der Waals surface area contributed by atoms with Crippen molar-refractivity contribution in [3.05, 3.63) is 94.8 Å². The molecule has 0 saturated heterocycles. The highest BCUT2D eigenvalue weighted by atomic mass is 32.2. The number of hydrogen-bond donors (Lipinski definition) is 3. The third-order valence-electron chi connectivity index (χ3n) is 11.8. The van der Waals surface area contributed by atoms with E-state index >= 15 is 0 Å². The Kier molecular flexibility index (Phi) is 12.9. The minimum atomic E-state index is -3.77. The highest BCUT2D eigenvalue weighted by Gasteiger charge is 2.32. The van der Waals surface area contributed by atoms with Gasteiger partial charge in [0.15, 0.2) is 0 Å². The average molecular weight is 927 g/mol. The van der Waals surface area contributed by atoms with Crippen LogP contribution < -0.4 is 15.2 Å². The van der Waals surface area contributed by atoms with Gasteiger partial charge in [-0.15, -0.1) is 0 Å². The highest BCUT2D eigenvalue weighted by molar-refractivity contribution is 7.89. The molecule has 2 aromatic carbocycles. The summed E-state index contributed by atoms with van der Waals surface area (Å²) in [4.78, 5) is 21.5. The third-order valence-corrected chi connectivity index (χ3v) is 15.3. The number of pyridine rings is 2. The second-order valence-electron chi connectivity index (χ2n) is 19.2. The minimum Gasteiger partial charge on any atom is -0.366 e. The van der Waals surface area contributed by atoms with Gasteiger partial charge < -0.3 is 14.9 Å². The van der Waals surface area contributed by atoms with E-state index in [0.717, 1.165) is 62.4 Å². The number of aromatic nitrogens is 4. The summed E-state index contributed by atoms with van der Waals surface area (Å²) >= 11 is 0. The molecule has 0 bridgehead atoms. The second kappa shape index (κ2) is 17.7. The topological polar surface area (TPSA) is 195 Å². The molecule has 2 saturated carbocycles. The van der Waals surface area contributed by atoms with Crippen LogP contribution in [-0.4, -0.2) is 52.9 Å². The van der Waals surface area contributed by atoms with Gasteiger partial charge in [-0.1, -0.05) is 25.7 Å². The number of rotatable bonds is 9. The van der Waals surface area contributed by atoms with Gasteiger partial charge in [0, 0.05) is 46.3 Å². The van der Waals surface area contributed by atoms with Gasteiger partial charge in [0.25, 0.3) is 5.91 Å². The first kappa shape index (κ1) is 47.4. The fourth-order valence-electron chi connectivity index (χ4n) is 9.10. The van der Waals surface area contributed by atoms with E-state index < -0.39 is 42.8 Å². The van der Waals surface area contributed by atoms with Gasteiger partial charge in [0.2, 0.25) is 20.0 Å². The Labute approximate surface area is 379 Å². The number of nitrogens with one attached hydrogen (secondary N) is 2. The molecule has 0 aliphatic heterocycles. The van der Waals surface area contributed by atoms with Crippen molar-refractivity contribution in [2.24, 2.45) is 5.73 Å². The van der Waals surface area contributed by atoms with E-state index in [2.05, 4.69) is 30.0 Å². The van der Waals surface area contributed by atoms with Crippen molar-refractivity contribution in [1.29, 1.82) is 5.26 Å². The highest BCUT2D eigenvalue weighted by Crippen LogP contribution is 2.43. The van der Waals surface area contributed by atoms with Crippen molar-refractivity contribution in [2.45, 2.75) is 140 Å². The smallest absolute Gasteiger partial charge is 0.251 e. The summed E-state index contributed by atoms with van der Waals surface area (Å²) in [6.07, 6.45) is 10.7. The Morgan fingerprint density at radius 2 is 1.09 bits per heavy atom. The van der Waals surface area contributed by atoms with Crippen molar-refractivity contribution in [1.82, 2.24) is 28.5 Å². The lowest BCUT2D eigenvalue weighted by Crippen LogP contribution is -2.40. The van der Waals surface area contributed by atoms with Crippen LogP contribution in [0.4, 0.5) is 8.78 Å². The first-order valence-corrected chi connectivity index (χ1v) is 24.8. The van der Waals surface area contributed by atoms with E-state index in [9.17, 15) is 35.7 Å². The summed E-state index contributed by atoms with van der Waals surface area (Å²) in [5.74, 6) is -1.45. The fourth-order valence-corrected chi connectivity index (χ4v) is 11.8. The summed E-state index contributed by atoms with van der Waals surface area (Å²) in [6, 6.07) is 15.0. The summed E-state index contributed by atoms with van der Waals surface area (Å²) in [5.41, 5.74) is 9.65. The zero-order chi connectivity index (χ0) is 47.4. The van der Waals surface area contributed by atoms with Gasteiger partial charge in [-0.25, -0.2) is 35.1 Å². The van der Waals surface area contributed by atoms with Gasteiger partial charge >= 0.3 is 0 Å². The normalized spacial score (nSPS) is 15.4. The first-order valence-electron chi connectivity index (χ1n) is 21.8. The quantitative estimate of drug-likeness (QED) is 0.127. The van der Waals surface area contributed by atoms with E-state index in [0.29, 0.717) is 50.2 Å². The van der Waals surface area contributed by atoms with E-state index in [1.54, 1.807) is 79.7 Å². The van der Waals surface area contributed by atoms with E-state index in [1.165, 1.54) is 36.7 Å². The summed E-state index contributed by atoms with van der Waals surface area (Å²) in [6.45, 7) is 14.0. The maximum atomic E-state index is 14.5. The molecule has 2 aliphatic carbocycles. The van der Waals surface area contributed by atoms with Gasteiger partial charge in [0.05, 0.1) is 44.9 Å². The number of aryl methyl sites for hydroxylation is 2. The third kappa shape index (κ3) is 9.72. The molecule has 1 amide bonds. The average Bonchev–Trinajstić information content (AvgIpc) is 4.03. The lowest BCUT2D eigenvalue weighted by molar-refractivity contribution is 0.100. The number of nitrogens with two attached hydrogens (primary N) is 1. The molecule has 0 atom stereocenters. The van der Waals surface area contributed by atoms with E-state index in [1.807, 2.05) is 4.57 Å². The van der Waals surface area contributed by atoms with Gasteiger partial charge in [-0.2, -0.15) is 5.26 Å². The molecule has 4 heterocycles. The molecule has 0 spiro atoms. The van der Waals surface area contributed by atoms with Crippen LogP contribution in [0.25, 0.3) is 44.6 Å². The van der Waals surface area contributed by atoms with Crippen molar-refractivity contribution in [2.75, 3.05) is 0 Å². The molecule has 4 aromatic heterocycles. The van der Waals surface area contributed by atoms with Crippen molar-refractivity contribution in [3.63, 3.8) is 0 Å². The number of hydrogen-bond acceptors (Lipinski definition) is 8. The van der Waals surface area contributed by atoms with Gasteiger partial charge in [-0.05, 0) is 141 Å². The van der Waals surface area contributed by atoms with Crippen LogP contribution in [0.1, 0.15) is 132 Å². The lowest BCUT2D eigenvalue weighted by atomic mass is 10.1. The monoisotopic (exact) mass is 926 g/mol. The standard InChI is InChI=1S/C24H29FN4O3S.C24H27FN4O2S/c1-14-11-20-17(12-18(14)25)21(23(26)30)22(29(20)15-7-5-6-8-15)19-10-9-16(13-27-19)33(31,32)28-24(2,3)4;1-15-11-22-18(12-20(15)25)19(13-26)23(29(22)16-7-5-6-8-16)21-10-9-17(14-27-21)32(30,31)28-24(2,3)4/h9-13,15,28H,5-8H2,1-4H3,(H2,26,30);9-12,14,16,28H,5-8H2,1-4H3. The number of benzene rings is 2. The zero-order valence-corrected chi connectivity index (χ0v) is 39.6. The number of amides is 1. The molecule has 2 aliphatic rings. The van der Waals surface area contributed by atoms with E-state index in [-0.39, 0.29) is 33.3 Å². The Hall–Kier alpha value is -5.54. The van der Waals surface area contributed by atoms with Gasteiger partial charge in [0.1, 0.15) is 27.5 Å². The molecular formula is C48H56F2N8O5S2. The SMILES string of the molecule is Cc1cc2c(cc1F)c(C#N)c(-c1ccc(S(=O)(=O)NC(C)(C)C)cn1)n2C1CCCC1.Cc1cc2c(cc1F)c(C(N)=O)c(-c1ccc(S(=O)(=O)NC(C)(C)C)cn1)n2C1CCCC1. The first-order chi connectivity index (χ1) is 30.4. The molecule has 8 rings (SSSR count). The molecule has 65 heavy (non-hydrogen) atoms. The Morgan fingerprint density at radius 3 is 1.48 bits per heavy atom. The summed E-state index contributed by atoms with van der Waals surface area (Å²) < 4.78 is 88.9. The lowest BCUT2D eigenvalue weighted by Gasteiger charge is -2.21. The molecule has 0 unspecified atom stereocenters. The molecule has 13 nitrogen and oxygen atoms in total. The van der Waals surface area contributed by atoms with Crippen LogP contribution in [0.5, 0.6) is 0 Å². The molecule has 2 fully saturated rings. The fraction of sp³-hybridized carbons (Fsp3) is 0.417. The van der Waals surface area contributed by atoms with E-state index in [4.69, 9.17) is 5.73 Å². The van der Waals surface area contributed by atoms with Crippen LogP contribution in [0.2, 0.25) is 0 Å². The Balaban J connectivity index is 0.000000194. The molecule has 6 aromatic rings. The molecule has 17 heteroatoms. The van der Waals surface area contributed by atoms with Crippen LogP contribution in [0, 0.1) is 36.8 Å². The molecule has 344 valence electrons. The number of sulfonamides is 2. The number of nitriles is 1. The number of fused-ring (bicyclic) bond motifs is 2. The molecule has 4 N–H and O–H groups in total. The molecular weight excluding hydrogens is 871 g/mol. The predicted molar refractivity (Wildman–Crippen MR) is 248 cm³/mol. The number of nitrogens with zero attached hydrogens (tertiary/aromatic N) is 5. The van der Waals surface area contributed by atoms with Crippen molar-refractivity contribution < 1.29 is 30.4 Å². The zero-order valence-electron chi connectivity index (χ0n) is 38.0. The number of carbonyl (C=O) groups is 1. The molecule has 0 radical (unpaired) electrons. The largest absolute Gasteiger partial charge is 0.366 e. The maximum absolute atomic E-state index is 14.5. The van der Waals surface area contributed by atoms with Crippen LogP contribution in [0.3, 0.4) is 0 Å². The number of primary amides is 1. The predicted octanol–water partition coefficient (Wildman–Crippen LogP) is 9.66. The minimum absolute atomic E-state index is 0.0206. The number of carbonyl (C=O) groups excluding carboxylic acids is 1. The summed E-state index contributed by atoms with van der Waals surface area (Å²) in [5, 5.41) is 11.0. The van der Waals surface area contributed by atoms with Gasteiger partial charge in [-0.3, -0.25) is 14.8 Å². The van der Waals surface area contributed by atoms with Crippen LogP contribution >= 0.6 is 0 Å². The van der Waals surface area contributed by atoms with Crippen LogP contribution in [0.15, 0.2) is 70.7 Å². The number of halogens is 2. The Morgan fingerprint density at radius 1 is 0.692 bits per heavy atom. The second-order valence-corrected chi connectivity index (χ2v) is 22.6. The summed E-state index contributed by atoms with van der Waals surface area (Å²) in [7, 11) is -7.49. The Bertz CT molecular complexity index is 3080. The van der Waals surface area contributed by atoms with Crippen molar-refractivity contribution >= 4 is 47.8 Å². The van der Waals surface area contributed by atoms with Crippen molar-refractivity contribution in [3.8, 4) is 28.8 Å².